The highest BCUT2D eigenvalue weighted by atomic mass is 31.0. The van der Waals surface area contributed by atoms with E-state index in [-0.39, 0.29) is 11.8 Å². The molecule has 0 bridgehead atoms. The van der Waals surface area contributed by atoms with Gasteiger partial charge in [0, 0.05) is 23.1 Å². The molecule has 0 saturated heterocycles. The molecule has 1 aliphatic carbocycles. The van der Waals surface area contributed by atoms with Crippen molar-refractivity contribution < 1.29 is 9.53 Å². The van der Waals surface area contributed by atoms with Gasteiger partial charge < -0.3 is 15.0 Å². The van der Waals surface area contributed by atoms with Crippen LogP contribution in [0.2, 0.25) is 0 Å². The van der Waals surface area contributed by atoms with E-state index >= 15 is 0 Å². The van der Waals surface area contributed by atoms with Crippen molar-refractivity contribution in [2.45, 2.75) is 90.0 Å². The first-order valence-electron chi connectivity index (χ1n) is 14.0. The predicted octanol–water partition coefficient (Wildman–Crippen LogP) is 7.14. The zero-order valence-corrected chi connectivity index (χ0v) is 23.1. The Morgan fingerprint density at radius 1 is 1.08 bits per heavy atom. The molecule has 1 aliphatic rings. The second-order valence-electron chi connectivity index (χ2n) is 10.3. The molecular formula is C31H43N2O2P. The van der Waals surface area contributed by atoms with Crippen molar-refractivity contribution >= 4 is 26.0 Å². The first kappa shape index (κ1) is 26.7. The molecule has 1 heterocycles. The normalized spacial score (nSPS) is 15.2. The lowest BCUT2D eigenvalue weighted by molar-refractivity contribution is -0.119. The van der Waals surface area contributed by atoms with Gasteiger partial charge in [0.2, 0.25) is 5.91 Å². The highest BCUT2D eigenvalue weighted by Crippen LogP contribution is 2.42. The minimum absolute atomic E-state index is 0.212. The third-order valence-electron chi connectivity index (χ3n) is 7.58. The van der Waals surface area contributed by atoms with E-state index in [0.29, 0.717) is 6.61 Å². The summed E-state index contributed by atoms with van der Waals surface area (Å²) in [6.07, 6.45) is 13.5. The van der Waals surface area contributed by atoms with E-state index in [1.165, 1.54) is 60.9 Å². The van der Waals surface area contributed by atoms with Gasteiger partial charge in [-0.2, -0.15) is 0 Å². The summed E-state index contributed by atoms with van der Waals surface area (Å²) in [4.78, 5) is 12.5. The monoisotopic (exact) mass is 506 g/mol. The number of hydrogen-bond acceptors (Lipinski definition) is 2. The molecule has 2 atom stereocenters. The average Bonchev–Trinajstić information content (AvgIpc) is 3.19. The molecule has 4 nitrogen and oxygen atoms in total. The number of nitrogens with zero attached hydrogens (tertiary/aromatic N) is 1. The number of amides is 1. The van der Waals surface area contributed by atoms with E-state index in [4.69, 9.17) is 10.5 Å². The highest BCUT2D eigenvalue weighted by Gasteiger charge is 2.31. The van der Waals surface area contributed by atoms with Gasteiger partial charge in [0.05, 0.1) is 12.5 Å². The Morgan fingerprint density at radius 2 is 1.86 bits per heavy atom. The SMILES string of the molecule is CCCCCCCCc1cc2c(cc1OCCCP)c1c(n2Cc2ccccc2)CCCC1C(N)=O. The third-order valence-corrected chi connectivity index (χ3v) is 7.99. The maximum atomic E-state index is 12.5. The quantitative estimate of drug-likeness (QED) is 0.187. The van der Waals surface area contributed by atoms with Crippen molar-refractivity contribution in [3.63, 3.8) is 0 Å². The molecule has 1 amide bonds. The van der Waals surface area contributed by atoms with Crippen molar-refractivity contribution in [1.29, 1.82) is 0 Å². The molecule has 2 aromatic carbocycles. The van der Waals surface area contributed by atoms with E-state index in [2.05, 4.69) is 63.2 Å². The predicted molar refractivity (Wildman–Crippen MR) is 154 cm³/mol. The number of unbranched alkanes of at least 4 members (excludes halogenated alkanes) is 5. The summed E-state index contributed by atoms with van der Waals surface area (Å²) in [6, 6.07) is 15.2. The lowest BCUT2D eigenvalue weighted by atomic mass is 9.84. The van der Waals surface area contributed by atoms with Crippen LogP contribution in [0.25, 0.3) is 10.9 Å². The van der Waals surface area contributed by atoms with E-state index in [1.807, 2.05) is 0 Å². The number of fused-ring (bicyclic) bond motifs is 3. The maximum Gasteiger partial charge on any atom is 0.225 e. The van der Waals surface area contributed by atoms with E-state index in [9.17, 15) is 4.79 Å². The van der Waals surface area contributed by atoms with Gasteiger partial charge in [0.1, 0.15) is 5.75 Å². The summed E-state index contributed by atoms with van der Waals surface area (Å²) in [5.41, 5.74) is 12.1. The Labute approximate surface area is 219 Å². The van der Waals surface area contributed by atoms with Crippen LogP contribution in [0.15, 0.2) is 42.5 Å². The van der Waals surface area contributed by atoms with Gasteiger partial charge in [-0.05, 0) is 73.5 Å². The summed E-state index contributed by atoms with van der Waals surface area (Å²) < 4.78 is 8.81. The number of aromatic nitrogens is 1. The standard InChI is InChI=1S/C31H43N2O2P/c1-2-3-4-5-6-10-15-24-20-28-26(21-29(24)35-18-12-19-36)30-25(31(32)34)16-11-17-27(30)33(28)22-23-13-8-7-9-14-23/h7-9,13-14,20-21,25H,2-6,10-12,15-19,22,36H2,1H3,(H2,32,34). The molecule has 36 heavy (non-hydrogen) atoms. The summed E-state index contributed by atoms with van der Waals surface area (Å²) in [7, 11) is 2.79. The molecule has 2 unspecified atom stereocenters. The van der Waals surface area contributed by atoms with Crippen molar-refractivity contribution in [3.8, 4) is 5.75 Å². The topological polar surface area (TPSA) is 57.2 Å². The van der Waals surface area contributed by atoms with Crippen LogP contribution in [0.5, 0.6) is 5.75 Å². The molecule has 0 fully saturated rings. The second kappa shape index (κ2) is 13.3. The summed E-state index contributed by atoms with van der Waals surface area (Å²) in [5.74, 6) is 0.553. The van der Waals surface area contributed by atoms with Crippen LogP contribution in [0.3, 0.4) is 0 Å². The van der Waals surface area contributed by atoms with Gasteiger partial charge in [-0.15, -0.1) is 9.24 Å². The number of aryl methyl sites for hydroxylation is 1. The number of rotatable bonds is 14. The van der Waals surface area contributed by atoms with Crippen molar-refractivity contribution in [1.82, 2.24) is 4.57 Å². The largest absolute Gasteiger partial charge is 0.493 e. The molecule has 0 spiro atoms. The fraction of sp³-hybridized carbons (Fsp3) is 0.516. The van der Waals surface area contributed by atoms with Crippen LogP contribution in [0.1, 0.15) is 93.0 Å². The van der Waals surface area contributed by atoms with Crippen LogP contribution < -0.4 is 10.5 Å². The maximum absolute atomic E-state index is 12.5. The van der Waals surface area contributed by atoms with Crippen LogP contribution in [-0.4, -0.2) is 23.2 Å². The zero-order valence-electron chi connectivity index (χ0n) is 21.9. The van der Waals surface area contributed by atoms with Gasteiger partial charge in [-0.1, -0.05) is 69.4 Å². The van der Waals surface area contributed by atoms with Gasteiger partial charge in [-0.3, -0.25) is 4.79 Å². The van der Waals surface area contributed by atoms with Crippen LogP contribution in [0, 0.1) is 0 Å². The molecule has 194 valence electrons. The Hall–Kier alpha value is -2.32. The Kier molecular flexibility index (Phi) is 9.87. The minimum atomic E-state index is -0.224. The lowest BCUT2D eigenvalue weighted by Crippen LogP contribution is -2.25. The number of nitrogens with two attached hydrogens (primary N) is 1. The average molecular weight is 507 g/mol. The molecular weight excluding hydrogens is 463 g/mol. The van der Waals surface area contributed by atoms with Crippen LogP contribution >= 0.6 is 9.24 Å². The van der Waals surface area contributed by atoms with Crippen molar-refractivity contribution in [2.24, 2.45) is 5.73 Å². The van der Waals surface area contributed by atoms with E-state index in [1.54, 1.807) is 0 Å². The van der Waals surface area contributed by atoms with Crippen LogP contribution in [0.4, 0.5) is 0 Å². The molecule has 5 heteroatoms. The third kappa shape index (κ3) is 6.32. The molecule has 0 aliphatic heterocycles. The molecule has 0 radical (unpaired) electrons. The Balaban J connectivity index is 1.75. The number of ether oxygens (including phenoxy) is 1. The fourth-order valence-electron chi connectivity index (χ4n) is 5.70. The smallest absolute Gasteiger partial charge is 0.225 e. The Bertz CT molecular complexity index is 1140. The van der Waals surface area contributed by atoms with Crippen LogP contribution in [-0.2, 0) is 24.2 Å². The van der Waals surface area contributed by atoms with Gasteiger partial charge >= 0.3 is 0 Å². The fourth-order valence-corrected chi connectivity index (χ4v) is 5.86. The first-order valence-corrected chi connectivity index (χ1v) is 14.8. The molecule has 3 aromatic rings. The van der Waals surface area contributed by atoms with Crippen molar-refractivity contribution in [2.75, 3.05) is 12.8 Å². The van der Waals surface area contributed by atoms with Gasteiger partial charge in [-0.25, -0.2) is 0 Å². The summed E-state index contributed by atoms with van der Waals surface area (Å²) >= 11 is 0. The molecule has 0 saturated carbocycles. The zero-order chi connectivity index (χ0) is 25.3. The number of hydrogen-bond donors (Lipinski definition) is 1. The van der Waals surface area contributed by atoms with Crippen molar-refractivity contribution in [3.05, 3.63) is 64.8 Å². The van der Waals surface area contributed by atoms with E-state index in [0.717, 1.165) is 61.5 Å². The van der Waals surface area contributed by atoms with Gasteiger partial charge in [0.25, 0.3) is 0 Å². The minimum Gasteiger partial charge on any atom is -0.493 e. The van der Waals surface area contributed by atoms with E-state index < -0.39 is 0 Å². The summed E-state index contributed by atoms with van der Waals surface area (Å²) in [5, 5.41) is 1.15. The molecule has 2 N–H and O–H groups in total. The molecule has 4 rings (SSSR count). The second-order valence-corrected chi connectivity index (χ2v) is 10.8. The Morgan fingerprint density at radius 3 is 2.61 bits per heavy atom. The number of carbonyl (C=O) groups is 1. The highest BCUT2D eigenvalue weighted by molar-refractivity contribution is 7.16. The lowest BCUT2D eigenvalue weighted by Gasteiger charge is -2.22. The first-order chi connectivity index (χ1) is 17.6. The van der Waals surface area contributed by atoms with Gasteiger partial charge in [0.15, 0.2) is 0 Å². The molecule has 1 aromatic heterocycles. The number of benzene rings is 2. The number of carbonyl (C=O) groups excluding carboxylic acids is 1. The summed E-state index contributed by atoms with van der Waals surface area (Å²) in [6.45, 7) is 3.78. The number of primary amides is 1.